The van der Waals surface area contributed by atoms with E-state index in [2.05, 4.69) is 9.97 Å². The van der Waals surface area contributed by atoms with Crippen molar-refractivity contribution in [2.45, 2.75) is 13.8 Å². The average Bonchev–Trinajstić information content (AvgIpc) is 2.62. The maximum absolute atomic E-state index is 5.74. The van der Waals surface area contributed by atoms with Gasteiger partial charge in [0.25, 0.3) is 0 Å². The Bertz CT molecular complexity index is 432. The molecule has 0 aliphatic carbocycles. The standard InChI is InChI=1S/C8H8ClN3S/c1-5-6(2)12(4-10-5)8-11-7(9)3-13-8/h3-4H,1-2H3. The van der Waals surface area contributed by atoms with E-state index >= 15 is 0 Å². The largest absolute Gasteiger partial charge is 0.279 e. The van der Waals surface area contributed by atoms with Crippen molar-refractivity contribution in [3.63, 3.8) is 0 Å². The second-order valence-corrected chi connectivity index (χ2v) is 3.96. The van der Waals surface area contributed by atoms with Gasteiger partial charge in [0.15, 0.2) is 5.13 Å². The summed E-state index contributed by atoms with van der Waals surface area (Å²) in [6.45, 7) is 3.98. The first-order chi connectivity index (χ1) is 6.18. The quantitative estimate of drug-likeness (QED) is 0.729. The maximum Gasteiger partial charge on any atom is 0.196 e. The van der Waals surface area contributed by atoms with Crippen LogP contribution >= 0.6 is 22.9 Å². The Hall–Kier alpha value is -0.870. The highest BCUT2D eigenvalue weighted by atomic mass is 35.5. The predicted octanol–water partition coefficient (Wildman–Crippen LogP) is 2.60. The molecule has 0 saturated carbocycles. The Labute approximate surface area is 85.0 Å². The van der Waals surface area contributed by atoms with Crippen molar-refractivity contribution in [1.82, 2.24) is 14.5 Å². The third-order valence-corrected chi connectivity index (χ3v) is 3.08. The first-order valence-electron chi connectivity index (χ1n) is 3.80. The Morgan fingerprint density at radius 1 is 1.46 bits per heavy atom. The van der Waals surface area contributed by atoms with Crippen LogP contribution in [0.3, 0.4) is 0 Å². The third-order valence-electron chi connectivity index (χ3n) is 1.92. The van der Waals surface area contributed by atoms with Crippen molar-refractivity contribution in [2.75, 3.05) is 0 Å². The highest BCUT2D eigenvalue weighted by Gasteiger charge is 2.07. The first-order valence-corrected chi connectivity index (χ1v) is 5.06. The van der Waals surface area contributed by atoms with Gasteiger partial charge in [-0.25, -0.2) is 9.97 Å². The molecule has 0 spiro atoms. The summed E-state index contributed by atoms with van der Waals surface area (Å²) in [4.78, 5) is 8.35. The normalized spacial score (nSPS) is 10.7. The fourth-order valence-electron chi connectivity index (χ4n) is 1.05. The summed E-state index contributed by atoms with van der Waals surface area (Å²) >= 11 is 7.25. The summed E-state index contributed by atoms with van der Waals surface area (Å²) < 4.78 is 1.94. The van der Waals surface area contributed by atoms with Gasteiger partial charge in [0.2, 0.25) is 0 Å². The maximum atomic E-state index is 5.74. The Morgan fingerprint density at radius 3 is 2.69 bits per heavy atom. The van der Waals surface area contributed by atoms with Crippen molar-refractivity contribution in [3.8, 4) is 5.13 Å². The first kappa shape index (κ1) is 8.72. The number of hydrogen-bond donors (Lipinski definition) is 0. The molecular formula is C8H8ClN3S. The van der Waals surface area contributed by atoms with Crippen LogP contribution in [0.2, 0.25) is 5.15 Å². The van der Waals surface area contributed by atoms with Crippen molar-refractivity contribution in [2.24, 2.45) is 0 Å². The van der Waals surface area contributed by atoms with Crippen LogP contribution in [0.15, 0.2) is 11.7 Å². The smallest absolute Gasteiger partial charge is 0.196 e. The number of aryl methyl sites for hydroxylation is 1. The molecule has 0 radical (unpaired) electrons. The summed E-state index contributed by atoms with van der Waals surface area (Å²) in [7, 11) is 0. The second kappa shape index (κ2) is 3.12. The molecule has 0 fully saturated rings. The summed E-state index contributed by atoms with van der Waals surface area (Å²) in [5.41, 5.74) is 2.12. The van der Waals surface area contributed by atoms with Gasteiger partial charge >= 0.3 is 0 Å². The number of rotatable bonds is 1. The van der Waals surface area contributed by atoms with E-state index in [1.165, 1.54) is 11.3 Å². The molecular weight excluding hydrogens is 206 g/mol. The average molecular weight is 214 g/mol. The van der Waals surface area contributed by atoms with E-state index in [0.29, 0.717) is 5.15 Å². The van der Waals surface area contributed by atoms with Gasteiger partial charge in [-0.05, 0) is 13.8 Å². The molecule has 0 unspecified atom stereocenters. The molecule has 68 valence electrons. The van der Waals surface area contributed by atoms with Crippen molar-refractivity contribution < 1.29 is 0 Å². The van der Waals surface area contributed by atoms with Gasteiger partial charge in [-0.2, -0.15) is 0 Å². The van der Waals surface area contributed by atoms with E-state index in [1.807, 2.05) is 23.8 Å². The lowest BCUT2D eigenvalue weighted by atomic mass is 10.4. The molecule has 0 bridgehead atoms. The molecule has 0 aliphatic heterocycles. The van der Waals surface area contributed by atoms with Crippen LogP contribution in [0.5, 0.6) is 0 Å². The lowest BCUT2D eigenvalue weighted by Crippen LogP contribution is -1.93. The molecule has 2 aromatic heterocycles. The molecule has 0 atom stereocenters. The minimum absolute atomic E-state index is 0.533. The van der Waals surface area contributed by atoms with Crippen LogP contribution in [0.25, 0.3) is 5.13 Å². The molecule has 0 amide bonds. The van der Waals surface area contributed by atoms with Crippen LogP contribution in [-0.4, -0.2) is 14.5 Å². The van der Waals surface area contributed by atoms with Crippen molar-refractivity contribution in [1.29, 1.82) is 0 Å². The molecule has 13 heavy (non-hydrogen) atoms. The lowest BCUT2D eigenvalue weighted by molar-refractivity contribution is 0.982. The Kier molecular flexibility index (Phi) is 2.09. The van der Waals surface area contributed by atoms with E-state index in [1.54, 1.807) is 6.33 Å². The SMILES string of the molecule is Cc1ncn(-c2nc(Cl)cs2)c1C. The summed E-state index contributed by atoms with van der Waals surface area (Å²) in [6.07, 6.45) is 1.76. The molecule has 2 rings (SSSR count). The van der Waals surface area contributed by atoms with Gasteiger partial charge in [0.1, 0.15) is 11.5 Å². The zero-order chi connectivity index (χ0) is 9.42. The highest BCUT2D eigenvalue weighted by Crippen LogP contribution is 2.20. The second-order valence-electron chi connectivity index (χ2n) is 2.74. The molecule has 0 aromatic carbocycles. The van der Waals surface area contributed by atoms with Crippen molar-refractivity contribution in [3.05, 3.63) is 28.2 Å². The fourth-order valence-corrected chi connectivity index (χ4v) is 2.02. The fraction of sp³-hybridized carbons (Fsp3) is 0.250. The topological polar surface area (TPSA) is 30.7 Å². The summed E-state index contributed by atoms with van der Waals surface area (Å²) in [5.74, 6) is 0. The molecule has 2 aromatic rings. The number of nitrogens with zero attached hydrogens (tertiary/aromatic N) is 3. The van der Waals surface area contributed by atoms with Gasteiger partial charge in [0.05, 0.1) is 5.69 Å². The molecule has 2 heterocycles. The van der Waals surface area contributed by atoms with Gasteiger partial charge in [-0.3, -0.25) is 4.57 Å². The number of aromatic nitrogens is 3. The zero-order valence-electron chi connectivity index (χ0n) is 7.28. The van der Waals surface area contributed by atoms with Crippen LogP contribution in [0, 0.1) is 13.8 Å². The molecule has 0 aliphatic rings. The predicted molar refractivity (Wildman–Crippen MR) is 53.7 cm³/mol. The van der Waals surface area contributed by atoms with Gasteiger partial charge in [-0.15, -0.1) is 11.3 Å². The number of thiazole rings is 1. The van der Waals surface area contributed by atoms with E-state index in [9.17, 15) is 0 Å². The van der Waals surface area contributed by atoms with E-state index in [4.69, 9.17) is 11.6 Å². The minimum atomic E-state index is 0.533. The van der Waals surface area contributed by atoms with Gasteiger partial charge < -0.3 is 0 Å². The minimum Gasteiger partial charge on any atom is -0.279 e. The monoisotopic (exact) mass is 213 g/mol. The Morgan fingerprint density at radius 2 is 2.23 bits per heavy atom. The van der Waals surface area contributed by atoms with E-state index < -0.39 is 0 Å². The highest BCUT2D eigenvalue weighted by molar-refractivity contribution is 7.12. The van der Waals surface area contributed by atoms with E-state index in [-0.39, 0.29) is 0 Å². The number of imidazole rings is 1. The summed E-state index contributed by atoms with van der Waals surface area (Å²) in [5, 5.41) is 3.21. The van der Waals surface area contributed by atoms with Gasteiger partial charge in [-0.1, -0.05) is 11.6 Å². The molecule has 5 heteroatoms. The van der Waals surface area contributed by atoms with E-state index in [0.717, 1.165) is 16.5 Å². The zero-order valence-corrected chi connectivity index (χ0v) is 8.85. The van der Waals surface area contributed by atoms with Crippen LogP contribution in [-0.2, 0) is 0 Å². The molecule has 0 N–H and O–H groups in total. The van der Waals surface area contributed by atoms with Gasteiger partial charge in [0, 0.05) is 11.1 Å². The van der Waals surface area contributed by atoms with Crippen LogP contribution in [0.4, 0.5) is 0 Å². The third kappa shape index (κ3) is 1.47. The number of hydrogen-bond acceptors (Lipinski definition) is 3. The summed E-state index contributed by atoms with van der Waals surface area (Å²) in [6, 6.07) is 0. The van der Waals surface area contributed by atoms with Crippen molar-refractivity contribution >= 4 is 22.9 Å². The van der Waals surface area contributed by atoms with Crippen LogP contribution in [0.1, 0.15) is 11.4 Å². The Balaban J connectivity index is 2.52. The molecule has 0 saturated heterocycles. The van der Waals surface area contributed by atoms with Crippen LogP contribution < -0.4 is 0 Å². The number of halogens is 1. The lowest BCUT2D eigenvalue weighted by Gasteiger charge is -1.98. The molecule has 3 nitrogen and oxygen atoms in total.